The first-order valence-corrected chi connectivity index (χ1v) is 5.24. The molecule has 0 bridgehead atoms. The van der Waals surface area contributed by atoms with Gasteiger partial charge in [0.1, 0.15) is 11.5 Å². The second-order valence-electron chi connectivity index (χ2n) is 3.51. The van der Waals surface area contributed by atoms with E-state index in [1.807, 2.05) is 12.1 Å². The summed E-state index contributed by atoms with van der Waals surface area (Å²) < 4.78 is 10.6. The molecule has 0 aliphatic carbocycles. The summed E-state index contributed by atoms with van der Waals surface area (Å²) in [7, 11) is 0. The van der Waals surface area contributed by atoms with Gasteiger partial charge in [0.05, 0.1) is 18.4 Å². The third kappa shape index (κ3) is 3.11. The van der Waals surface area contributed by atoms with E-state index in [0.29, 0.717) is 18.8 Å². The lowest BCUT2D eigenvalue weighted by Crippen LogP contribution is -2.01. The monoisotopic (exact) mass is 232 g/mol. The molecular weight excluding hydrogens is 220 g/mol. The van der Waals surface area contributed by atoms with Crippen molar-refractivity contribution in [2.24, 2.45) is 0 Å². The van der Waals surface area contributed by atoms with Crippen molar-refractivity contribution in [2.75, 3.05) is 6.61 Å². The van der Waals surface area contributed by atoms with Gasteiger partial charge in [-0.25, -0.2) is 4.79 Å². The molecule has 1 aromatic carbocycles. The molecule has 0 atom stereocenters. The number of rotatable bonds is 5. The van der Waals surface area contributed by atoms with Crippen LogP contribution in [0.25, 0.3) is 0 Å². The van der Waals surface area contributed by atoms with E-state index >= 15 is 0 Å². The Morgan fingerprint density at radius 1 is 1.24 bits per heavy atom. The van der Waals surface area contributed by atoms with Gasteiger partial charge in [0, 0.05) is 6.42 Å². The van der Waals surface area contributed by atoms with Gasteiger partial charge >= 0.3 is 5.97 Å². The fourth-order valence-corrected chi connectivity index (χ4v) is 1.42. The largest absolute Gasteiger partial charge is 0.493 e. The number of aromatic carboxylic acids is 1. The normalized spacial score (nSPS) is 10.1. The maximum Gasteiger partial charge on any atom is 0.335 e. The predicted octanol–water partition coefficient (Wildman–Crippen LogP) is 2.60. The number of furan rings is 1. The van der Waals surface area contributed by atoms with E-state index in [-0.39, 0.29) is 5.56 Å². The van der Waals surface area contributed by atoms with E-state index in [1.54, 1.807) is 18.4 Å². The zero-order valence-electron chi connectivity index (χ0n) is 9.13. The number of carboxylic acid groups (broad SMARTS) is 1. The van der Waals surface area contributed by atoms with Crippen molar-refractivity contribution in [3.8, 4) is 5.75 Å². The summed E-state index contributed by atoms with van der Waals surface area (Å²) in [6.45, 7) is 0.500. The Morgan fingerprint density at radius 2 is 2.00 bits per heavy atom. The lowest BCUT2D eigenvalue weighted by molar-refractivity contribution is 0.0697. The molecule has 0 spiro atoms. The van der Waals surface area contributed by atoms with Gasteiger partial charge in [0.2, 0.25) is 0 Å². The number of carboxylic acids is 1. The van der Waals surface area contributed by atoms with Crippen LogP contribution in [0.5, 0.6) is 5.75 Å². The third-order valence-corrected chi connectivity index (χ3v) is 2.30. The van der Waals surface area contributed by atoms with Crippen molar-refractivity contribution in [1.29, 1.82) is 0 Å². The van der Waals surface area contributed by atoms with Crippen LogP contribution in [-0.2, 0) is 6.42 Å². The van der Waals surface area contributed by atoms with Crippen LogP contribution in [-0.4, -0.2) is 17.7 Å². The van der Waals surface area contributed by atoms with Gasteiger partial charge < -0.3 is 14.3 Å². The Balaban J connectivity index is 1.85. The van der Waals surface area contributed by atoms with Crippen LogP contribution in [0, 0.1) is 0 Å². The third-order valence-electron chi connectivity index (χ3n) is 2.30. The van der Waals surface area contributed by atoms with Crippen molar-refractivity contribution < 1.29 is 19.1 Å². The molecule has 0 amide bonds. The molecule has 0 aliphatic heterocycles. The highest BCUT2D eigenvalue weighted by molar-refractivity contribution is 5.87. The summed E-state index contributed by atoms with van der Waals surface area (Å²) in [5.41, 5.74) is 0.253. The highest BCUT2D eigenvalue weighted by Gasteiger charge is 2.02. The lowest BCUT2D eigenvalue weighted by Gasteiger charge is -2.04. The van der Waals surface area contributed by atoms with Crippen LogP contribution in [0.2, 0.25) is 0 Å². The molecular formula is C13H12O4. The van der Waals surface area contributed by atoms with Crippen LogP contribution in [0.1, 0.15) is 16.1 Å². The molecule has 1 heterocycles. The summed E-state index contributed by atoms with van der Waals surface area (Å²) in [5.74, 6) is 0.584. The molecule has 17 heavy (non-hydrogen) atoms. The molecule has 2 aromatic rings. The van der Waals surface area contributed by atoms with Crippen molar-refractivity contribution in [3.05, 3.63) is 54.0 Å². The van der Waals surface area contributed by atoms with Gasteiger partial charge in [-0.3, -0.25) is 0 Å². The van der Waals surface area contributed by atoms with Crippen molar-refractivity contribution in [3.63, 3.8) is 0 Å². The first kappa shape index (κ1) is 11.3. The highest BCUT2D eigenvalue weighted by Crippen LogP contribution is 2.12. The molecule has 1 aromatic heterocycles. The summed E-state index contributed by atoms with van der Waals surface area (Å²) in [6, 6.07) is 10.0. The number of carbonyl (C=O) groups is 1. The molecule has 0 saturated heterocycles. The van der Waals surface area contributed by atoms with E-state index in [1.165, 1.54) is 12.1 Å². The molecule has 2 rings (SSSR count). The van der Waals surface area contributed by atoms with E-state index < -0.39 is 5.97 Å². The van der Waals surface area contributed by atoms with Crippen LogP contribution in [0.3, 0.4) is 0 Å². The van der Waals surface area contributed by atoms with Crippen molar-refractivity contribution >= 4 is 5.97 Å². The number of hydrogen-bond acceptors (Lipinski definition) is 3. The molecule has 4 nitrogen and oxygen atoms in total. The first-order chi connectivity index (χ1) is 8.25. The van der Waals surface area contributed by atoms with Crippen LogP contribution < -0.4 is 4.74 Å². The number of hydrogen-bond donors (Lipinski definition) is 1. The second-order valence-corrected chi connectivity index (χ2v) is 3.51. The SMILES string of the molecule is O=C(O)c1ccc(OCCc2ccco2)cc1. The molecule has 0 fully saturated rings. The molecule has 88 valence electrons. The fraction of sp³-hybridized carbons (Fsp3) is 0.154. The Hall–Kier alpha value is -2.23. The molecule has 0 aliphatic rings. The minimum absolute atomic E-state index is 0.253. The van der Waals surface area contributed by atoms with Gasteiger partial charge in [-0.1, -0.05) is 0 Å². The fourth-order valence-electron chi connectivity index (χ4n) is 1.42. The Labute approximate surface area is 98.4 Å². The minimum Gasteiger partial charge on any atom is -0.493 e. The lowest BCUT2D eigenvalue weighted by atomic mass is 10.2. The van der Waals surface area contributed by atoms with Crippen molar-refractivity contribution in [1.82, 2.24) is 0 Å². The first-order valence-electron chi connectivity index (χ1n) is 5.24. The van der Waals surface area contributed by atoms with Crippen LogP contribution in [0.4, 0.5) is 0 Å². The Morgan fingerprint density at radius 3 is 2.59 bits per heavy atom. The molecule has 0 radical (unpaired) electrons. The Bertz CT molecular complexity index is 471. The average molecular weight is 232 g/mol. The van der Waals surface area contributed by atoms with Gasteiger partial charge in [-0.2, -0.15) is 0 Å². The molecule has 0 unspecified atom stereocenters. The van der Waals surface area contributed by atoms with E-state index in [2.05, 4.69) is 0 Å². The van der Waals surface area contributed by atoms with Gasteiger partial charge in [-0.05, 0) is 36.4 Å². The zero-order valence-corrected chi connectivity index (χ0v) is 9.13. The van der Waals surface area contributed by atoms with Crippen LogP contribution >= 0.6 is 0 Å². The van der Waals surface area contributed by atoms with Gasteiger partial charge in [0.25, 0.3) is 0 Å². The number of ether oxygens (including phenoxy) is 1. The topological polar surface area (TPSA) is 59.7 Å². The zero-order chi connectivity index (χ0) is 12.1. The second kappa shape index (κ2) is 5.21. The maximum atomic E-state index is 10.6. The minimum atomic E-state index is -0.938. The quantitative estimate of drug-likeness (QED) is 0.860. The summed E-state index contributed by atoms with van der Waals surface area (Å²) in [5, 5.41) is 8.72. The number of benzene rings is 1. The maximum absolute atomic E-state index is 10.6. The van der Waals surface area contributed by atoms with Gasteiger partial charge in [0.15, 0.2) is 0 Å². The van der Waals surface area contributed by atoms with Gasteiger partial charge in [-0.15, -0.1) is 0 Å². The Kier molecular flexibility index (Phi) is 3.45. The summed E-state index contributed by atoms with van der Waals surface area (Å²) in [4.78, 5) is 10.6. The summed E-state index contributed by atoms with van der Waals surface area (Å²) >= 11 is 0. The van der Waals surface area contributed by atoms with E-state index in [9.17, 15) is 4.79 Å². The van der Waals surface area contributed by atoms with Crippen LogP contribution in [0.15, 0.2) is 47.1 Å². The molecule has 0 saturated carbocycles. The molecule has 4 heteroatoms. The standard InChI is InChI=1S/C13H12O4/c14-13(15)10-3-5-12(6-4-10)17-9-7-11-2-1-8-16-11/h1-6,8H,7,9H2,(H,14,15). The highest BCUT2D eigenvalue weighted by atomic mass is 16.5. The smallest absolute Gasteiger partial charge is 0.335 e. The van der Waals surface area contributed by atoms with E-state index in [0.717, 1.165) is 5.76 Å². The molecule has 1 N–H and O–H groups in total. The van der Waals surface area contributed by atoms with Crippen molar-refractivity contribution in [2.45, 2.75) is 6.42 Å². The average Bonchev–Trinajstić information content (AvgIpc) is 2.83. The van der Waals surface area contributed by atoms with E-state index in [4.69, 9.17) is 14.3 Å². The predicted molar refractivity (Wildman–Crippen MR) is 61.3 cm³/mol. The summed E-state index contributed by atoms with van der Waals surface area (Å²) in [6.07, 6.45) is 2.31.